The van der Waals surface area contributed by atoms with Gasteiger partial charge in [0.15, 0.2) is 6.29 Å². The van der Waals surface area contributed by atoms with Crippen LogP contribution in [0.15, 0.2) is 64.4 Å². The van der Waals surface area contributed by atoms with E-state index >= 15 is 0 Å². The molecule has 0 heterocycles. The summed E-state index contributed by atoms with van der Waals surface area (Å²) in [6.45, 7) is 0. The van der Waals surface area contributed by atoms with Gasteiger partial charge >= 0.3 is 0 Å². The van der Waals surface area contributed by atoms with Crippen LogP contribution in [-0.2, 0) is 9.84 Å². The van der Waals surface area contributed by atoms with Gasteiger partial charge in [-0.05, 0) is 24.3 Å². The molecule has 2 rings (SSSR count). The second-order valence-electron chi connectivity index (χ2n) is 3.76. The Morgan fingerprint density at radius 2 is 1.28 bits per heavy atom. The van der Waals surface area contributed by atoms with Gasteiger partial charge in [-0.15, -0.1) is 0 Å². The molecule has 2 N–H and O–H groups in total. The van der Waals surface area contributed by atoms with Crippen LogP contribution in [0.1, 0.15) is 11.9 Å². The SMILES string of the molecule is O=S(=O)(c1ccccc1)c1ccc(C(O)O)cc1. The van der Waals surface area contributed by atoms with Crippen LogP contribution in [0.4, 0.5) is 0 Å². The lowest BCUT2D eigenvalue weighted by atomic mass is 10.2. The lowest BCUT2D eigenvalue weighted by molar-refractivity contribution is -0.0425. The zero-order chi connectivity index (χ0) is 13.2. The molecule has 0 radical (unpaired) electrons. The molecule has 0 aliphatic heterocycles. The standard InChI is InChI=1S/C13H12O4S/c14-13(15)10-6-8-12(9-7-10)18(16,17)11-4-2-1-3-5-11/h1-9,13-15H. The van der Waals surface area contributed by atoms with E-state index in [0.717, 1.165) is 0 Å². The summed E-state index contributed by atoms with van der Waals surface area (Å²) in [6.07, 6.45) is -1.60. The van der Waals surface area contributed by atoms with Crippen molar-refractivity contribution in [3.05, 3.63) is 60.2 Å². The summed E-state index contributed by atoms with van der Waals surface area (Å²) in [4.78, 5) is 0.334. The number of aliphatic hydroxyl groups is 2. The molecule has 5 heteroatoms. The van der Waals surface area contributed by atoms with Crippen LogP contribution in [0, 0.1) is 0 Å². The van der Waals surface area contributed by atoms with Gasteiger partial charge in [0.1, 0.15) is 0 Å². The van der Waals surface area contributed by atoms with Crippen LogP contribution >= 0.6 is 0 Å². The second-order valence-corrected chi connectivity index (χ2v) is 5.71. The molecule has 18 heavy (non-hydrogen) atoms. The van der Waals surface area contributed by atoms with Gasteiger partial charge in [-0.25, -0.2) is 8.42 Å². The van der Waals surface area contributed by atoms with E-state index in [1.54, 1.807) is 18.2 Å². The Kier molecular flexibility index (Phi) is 3.47. The number of hydrogen-bond acceptors (Lipinski definition) is 4. The number of hydrogen-bond donors (Lipinski definition) is 2. The van der Waals surface area contributed by atoms with E-state index in [9.17, 15) is 8.42 Å². The fourth-order valence-electron chi connectivity index (χ4n) is 1.55. The van der Waals surface area contributed by atoms with Gasteiger partial charge in [0.2, 0.25) is 9.84 Å². The topological polar surface area (TPSA) is 74.6 Å². The molecule has 0 saturated carbocycles. The Hall–Kier alpha value is -1.69. The highest BCUT2D eigenvalue weighted by molar-refractivity contribution is 7.91. The molecule has 0 fully saturated rings. The van der Waals surface area contributed by atoms with Crippen molar-refractivity contribution in [3.8, 4) is 0 Å². The largest absolute Gasteiger partial charge is 0.364 e. The summed E-state index contributed by atoms with van der Waals surface area (Å²) in [5, 5.41) is 17.9. The third-order valence-corrected chi connectivity index (χ3v) is 4.33. The van der Waals surface area contributed by atoms with Crippen molar-refractivity contribution in [2.75, 3.05) is 0 Å². The molecule has 0 bridgehead atoms. The molecule has 0 aliphatic rings. The summed E-state index contributed by atoms with van der Waals surface area (Å²) < 4.78 is 24.4. The normalized spacial score (nSPS) is 11.7. The van der Waals surface area contributed by atoms with Crippen molar-refractivity contribution in [2.24, 2.45) is 0 Å². The lowest BCUT2D eigenvalue weighted by Crippen LogP contribution is -2.02. The highest BCUT2D eigenvalue weighted by Crippen LogP contribution is 2.21. The minimum Gasteiger partial charge on any atom is -0.364 e. The van der Waals surface area contributed by atoms with Gasteiger partial charge in [-0.2, -0.15) is 0 Å². The van der Waals surface area contributed by atoms with Gasteiger partial charge in [-0.1, -0.05) is 30.3 Å². The fraction of sp³-hybridized carbons (Fsp3) is 0.0769. The van der Waals surface area contributed by atoms with Crippen molar-refractivity contribution in [2.45, 2.75) is 16.1 Å². The van der Waals surface area contributed by atoms with E-state index < -0.39 is 16.1 Å². The van der Waals surface area contributed by atoms with E-state index in [0.29, 0.717) is 0 Å². The first-order valence-electron chi connectivity index (χ1n) is 5.28. The molecule has 4 nitrogen and oxygen atoms in total. The molecular formula is C13H12O4S. The van der Waals surface area contributed by atoms with E-state index in [1.807, 2.05) is 0 Å². The number of aliphatic hydroxyl groups excluding tert-OH is 1. The smallest absolute Gasteiger partial charge is 0.206 e. The zero-order valence-corrected chi connectivity index (χ0v) is 10.2. The molecule has 0 unspecified atom stereocenters. The number of rotatable bonds is 3. The first-order chi connectivity index (χ1) is 8.51. The maximum absolute atomic E-state index is 12.2. The first kappa shape index (κ1) is 12.8. The van der Waals surface area contributed by atoms with Crippen LogP contribution in [0.25, 0.3) is 0 Å². The predicted molar refractivity (Wildman–Crippen MR) is 65.5 cm³/mol. The maximum atomic E-state index is 12.2. The molecule has 0 aromatic heterocycles. The summed E-state index contributed by atoms with van der Waals surface area (Å²) in [5.41, 5.74) is 0.252. The quantitative estimate of drug-likeness (QED) is 0.824. The molecule has 0 atom stereocenters. The third kappa shape index (κ3) is 2.43. The fourth-order valence-corrected chi connectivity index (χ4v) is 2.84. The second kappa shape index (κ2) is 4.89. The third-order valence-electron chi connectivity index (χ3n) is 2.54. The highest BCUT2D eigenvalue weighted by atomic mass is 32.2. The molecule has 0 saturated heterocycles. The Labute approximate surface area is 105 Å². The zero-order valence-electron chi connectivity index (χ0n) is 9.39. The molecule has 2 aromatic carbocycles. The van der Waals surface area contributed by atoms with Crippen LogP contribution in [0.5, 0.6) is 0 Å². The van der Waals surface area contributed by atoms with Gasteiger partial charge in [0.05, 0.1) is 9.79 Å². The average Bonchev–Trinajstić information content (AvgIpc) is 2.40. The van der Waals surface area contributed by atoms with Crippen LogP contribution in [-0.4, -0.2) is 18.6 Å². The van der Waals surface area contributed by atoms with Crippen molar-refractivity contribution in [3.63, 3.8) is 0 Å². The summed E-state index contributed by atoms with van der Waals surface area (Å²) in [6, 6.07) is 13.5. The van der Waals surface area contributed by atoms with E-state index in [2.05, 4.69) is 0 Å². The molecule has 0 amide bonds. The van der Waals surface area contributed by atoms with E-state index in [1.165, 1.54) is 36.4 Å². The number of sulfone groups is 1. The van der Waals surface area contributed by atoms with E-state index in [4.69, 9.17) is 10.2 Å². The lowest BCUT2D eigenvalue weighted by Gasteiger charge is -2.07. The van der Waals surface area contributed by atoms with Crippen molar-refractivity contribution >= 4 is 9.84 Å². The van der Waals surface area contributed by atoms with Crippen LogP contribution in [0.2, 0.25) is 0 Å². The molecule has 0 aliphatic carbocycles. The van der Waals surface area contributed by atoms with E-state index in [-0.39, 0.29) is 15.4 Å². The van der Waals surface area contributed by atoms with Crippen LogP contribution < -0.4 is 0 Å². The molecule has 94 valence electrons. The average molecular weight is 264 g/mol. The van der Waals surface area contributed by atoms with Crippen molar-refractivity contribution < 1.29 is 18.6 Å². The Morgan fingerprint density at radius 3 is 1.78 bits per heavy atom. The predicted octanol–water partition coefficient (Wildman–Crippen LogP) is 1.50. The summed E-state index contributed by atoms with van der Waals surface area (Å²) in [5.74, 6) is 0. The monoisotopic (exact) mass is 264 g/mol. The Morgan fingerprint density at radius 1 is 0.778 bits per heavy atom. The summed E-state index contributed by atoms with van der Waals surface area (Å²) in [7, 11) is -3.54. The summed E-state index contributed by atoms with van der Waals surface area (Å²) >= 11 is 0. The molecule has 0 spiro atoms. The van der Waals surface area contributed by atoms with Gasteiger partial charge in [0, 0.05) is 5.56 Å². The molecular weight excluding hydrogens is 252 g/mol. The first-order valence-corrected chi connectivity index (χ1v) is 6.76. The highest BCUT2D eigenvalue weighted by Gasteiger charge is 2.17. The Balaban J connectivity index is 2.43. The van der Waals surface area contributed by atoms with Gasteiger partial charge in [0.25, 0.3) is 0 Å². The van der Waals surface area contributed by atoms with Crippen molar-refractivity contribution in [1.29, 1.82) is 0 Å². The minimum atomic E-state index is -3.54. The Bertz CT molecular complexity index is 616. The van der Waals surface area contributed by atoms with Crippen molar-refractivity contribution in [1.82, 2.24) is 0 Å². The van der Waals surface area contributed by atoms with Gasteiger partial charge in [-0.3, -0.25) is 0 Å². The van der Waals surface area contributed by atoms with Crippen LogP contribution in [0.3, 0.4) is 0 Å². The number of benzene rings is 2. The maximum Gasteiger partial charge on any atom is 0.206 e. The molecule has 2 aromatic rings. The van der Waals surface area contributed by atoms with Gasteiger partial charge < -0.3 is 10.2 Å². The minimum absolute atomic E-state index is 0.123.